The minimum atomic E-state index is 0.0854. The second-order valence-corrected chi connectivity index (χ2v) is 5.37. The second-order valence-electron chi connectivity index (χ2n) is 5.37. The van der Waals surface area contributed by atoms with Crippen molar-refractivity contribution >= 4 is 5.78 Å². The average molecular weight is 285 g/mol. The van der Waals surface area contributed by atoms with Crippen LogP contribution in [0.1, 0.15) is 46.7 Å². The van der Waals surface area contributed by atoms with Crippen molar-refractivity contribution in [1.29, 1.82) is 0 Å². The summed E-state index contributed by atoms with van der Waals surface area (Å²) >= 11 is 0. The lowest BCUT2D eigenvalue weighted by atomic mass is 10.0. The van der Waals surface area contributed by atoms with Crippen LogP contribution in [-0.2, 0) is 4.74 Å². The minimum absolute atomic E-state index is 0.0854. The molecule has 0 saturated heterocycles. The molecule has 0 bridgehead atoms. The molecule has 112 valence electrons. The van der Waals surface area contributed by atoms with E-state index in [9.17, 15) is 4.79 Å². The van der Waals surface area contributed by atoms with Crippen LogP contribution in [0.2, 0.25) is 0 Å². The van der Waals surface area contributed by atoms with Gasteiger partial charge in [-0.15, -0.1) is 0 Å². The molecule has 2 rings (SSSR count). The highest BCUT2D eigenvalue weighted by Gasteiger charge is 2.20. The lowest BCUT2D eigenvalue weighted by molar-refractivity contribution is 0.103. The number of aromatic nitrogens is 1. The fourth-order valence-electron chi connectivity index (χ4n) is 2.88. The van der Waals surface area contributed by atoms with Gasteiger partial charge in [-0.3, -0.25) is 4.79 Å². The zero-order valence-corrected chi connectivity index (χ0v) is 13.2. The summed E-state index contributed by atoms with van der Waals surface area (Å²) in [5, 5.41) is 0. The van der Waals surface area contributed by atoms with Crippen molar-refractivity contribution in [3.05, 3.63) is 58.9 Å². The van der Waals surface area contributed by atoms with E-state index in [-0.39, 0.29) is 11.8 Å². The third kappa shape index (κ3) is 3.08. The zero-order chi connectivity index (χ0) is 15.4. The van der Waals surface area contributed by atoms with Gasteiger partial charge in [-0.25, -0.2) is 0 Å². The minimum Gasteiger partial charge on any atom is -0.383 e. The number of aryl methyl sites for hydroxylation is 1. The first-order valence-electron chi connectivity index (χ1n) is 7.37. The molecule has 0 radical (unpaired) electrons. The summed E-state index contributed by atoms with van der Waals surface area (Å²) in [6.07, 6.45) is 0.975. The fraction of sp³-hybridized carbons (Fsp3) is 0.389. The SMILES string of the molecule is CCC(COC)n1c(C)cc(C(=O)c2ccccc2)c1C. The Hall–Kier alpha value is -1.87. The molecule has 1 aromatic carbocycles. The van der Waals surface area contributed by atoms with Gasteiger partial charge in [-0.05, 0) is 26.3 Å². The number of hydrogen-bond acceptors (Lipinski definition) is 2. The van der Waals surface area contributed by atoms with Crippen molar-refractivity contribution in [3.63, 3.8) is 0 Å². The van der Waals surface area contributed by atoms with E-state index in [1.54, 1.807) is 7.11 Å². The smallest absolute Gasteiger partial charge is 0.194 e. The van der Waals surface area contributed by atoms with Crippen molar-refractivity contribution in [2.45, 2.75) is 33.2 Å². The summed E-state index contributed by atoms with van der Waals surface area (Å²) in [7, 11) is 1.72. The quantitative estimate of drug-likeness (QED) is 0.753. The van der Waals surface area contributed by atoms with Gasteiger partial charge in [0.25, 0.3) is 0 Å². The van der Waals surface area contributed by atoms with E-state index in [1.165, 1.54) is 0 Å². The highest BCUT2D eigenvalue weighted by atomic mass is 16.5. The van der Waals surface area contributed by atoms with E-state index in [0.29, 0.717) is 6.61 Å². The number of nitrogens with zero attached hydrogens (tertiary/aromatic N) is 1. The van der Waals surface area contributed by atoms with Crippen LogP contribution in [0.5, 0.6) is 0 Å². The molecule has 0 aliphatic heterocycles. The summed E-state index contributed by atoms with van der Waals surface area (Å²) in [4.78, 5) is 12.7. The van der Waals surface area contributed by atoms with Crippen LogP contribution in [-0.4, -0.2) is 24.1 Å². The van der Waals surface area contributed by atoms with Crippen LogP contribution in [0.25, 0.3) is 0 Å². The Balaban J connectivity index is 2.41. The first-order valence-corrected chi connectivity index (χ1v) is 7.37. The maximum atomic E-state index is 12.7. The molecule has 0 aliphatic rings. The number of methoxy groups -OCH3 is 1. The van der Waals surface area contributed by atoms with Crippen LogP contribution in [0, 0.1) is 13.8 Å². The number of ether oxygens (including phenoxy) is 1. The maximum Gasteiger partial charge on any atom is 0.194 e. The van der Waals surface area contributed by atoms with Gasteiger partial charge in [0, 0.05) is 29.6 Å². The Bertz CT molecular complexity index is 614. The molecule has 0 saturated carbocycles. The molecule has 3 heteroatoms. The Labute approximate surface area is 126 Å². The van der Waals surface area contributed by atoms with E-state index in [0.717, 1.165) is 28.9 Å². The van der Waals surface area contributed by atoms with Crippen LogP contribution >= 0.6 is 0 Å². The normalized spacial score (nSPS) is 12.4. The zero-order valence-electron chi connectivity index (χ0n) is 13.2. The predicted molar refractivity (Wildman–Crippen MR) is 85.0 cm³/mol. The Morgan fingerprint density at radius 3 is 2.48 bits per heavy atom. The van der Waals surface area contributed by atoms with Gasteiger partial charge in [0.2, 0.25) is 0 Å². The lowest BCUT2D eigenvalue weighted by Gasteiger charge is -2.20. The molecular formula is C18H23NO2. The van der Waals surface area contributed by atoms with Crippen molar-refractivity contribution in [3.8, 4) is 0 Å². The summed E-state index contributed by atoms with van der Waals surface area (Å²) < 4.78 is 7.53. The third-order valence-electron chi connectivity index (χ3n) is 3.96. The molecule has 0 N–H and O–H groups in total. The van der Waals surface area contributed by atoms with Crippen LogP contribution in [0.15, 0.2) is 36.4 Å². The summed E-state index contributed by atoms with van der Waals surface area (Å²) in [6, 6.07) is 11.7. The summed E-state index contributed by atoms with van der Waals surface area (Å²) in [5.41, 5.74) is 3.65. The van der Waals surface area contributed by atoms with Crippen molar-refractivity contribution in [1.82, 2.24) is 4.57 Å². The molecule has 1 aromatic heterocycles. The van der Waals surface area contributed by atoms with E-state index in [2.05, 4.69) is 11.5 Å². The van der Waals surface area contributed by atoms with E-state index in [1.807, 2.05) is 50.2 Å². The molecule has 2 aromatic rings. The van der Waals surface area contributed by atoms with Gasteiger partial charge in [-0.2, -0.15) is 0 Å². The van der Waals surface area contributed by atoms with Gasteiger partial charge < -0.3 is 9.30 Å². The van der Waals surface area contributed by atoms with Crippen molar-refractivity contribution in [2.24, 2.45) is 0 Å². The summed E-state index contributed by atoms with van der Waals surface area (Å²) in [5.74, 6) is 0.0854. The lowest BCUT2D eigenvalue weighted by Crippen LogP contribution is -2.17. The highest BCUT2D eigenvalue weighted by molar-refractivity contribution is 6.09. The third-order valence-corrected chi connectivity index (χ3v) is 3.96. The second kappa shape index (κ2) is 6.72. The monoisotopic (exact) mass is 285 g/mol. The summed E-state index contributed by atoms with van der Waals surface area (Å²) in [6.45, 7) is 6.86. The highest BCUT2D eigenvalue weighted by Crippen LogP contribution is 2.24. The molecule has 21 heavy (non-hydrogen) atoms. The van der Waals surface area contributed by atoms with Gasteiger partial charge in [-0.1, -0.05) is 37.3 Å². The number of carbonyl (C=O) groups excluding carboxylic acids is 1. The molecule has 3 nitrogen and oxygen atoms in total. The maximum absolute atomic E-state index is 12.7. The molecule has 0 spiro atoms. The molecule has 1 atom stereocenters. The molecule has 1 heterocycles. The number of rotatable bonds is 6. The predicted octanol–water partition coefficient (Wildman–Crippen LogP) is 3.93. The number of ketones is 1. The Morgan fingerprint density at radius 1 is 1.24 bits per heavy atom. The topological polar surface area (TPSA) is 31.2 Å². The first-order chi connectivity index (χ1) is 10.1. The fourth-order valence-corrected chi connectivity index (χ4v) is 2.88. The molecular weight excluding hydrogens is 262 g/mol. The van der Waals surface area contributed by atoms with Gasteiger partial charge in [0.15, 0.2) is 5.78 Å². The van der Waals surface area contributed by atoms with Crippen LogP contribution in [0.3, 0.4) is 0 Å². The Kier molecular flexibility index (Phi) is 4.97. The largest absolute Gasteiger partial charge is 0.383 e. The molecule has 0 fully saturated rings. The molecule has 0 amide bonds. The van der Waals surface area contributed by atoms with E-state index >= 15 is 0 Å². The Morgan fingerprint density at radius 2 is 1.90 bits per heavy atom. The van der Waals surface area contributed by atoms with Crippen LogP contribution < -0.4 is 0 Å². The number of hydrogen-bond donors (Lipinski definition) is 0. The average Bonchev–Trinajstić information content (AvgIpc) is 2.80. The van der Waals surface area contributed by atoms with Crippen molar-refractivity contribution < 1.29 is 9.53 Å². The first kappa shape index (κ1) is 15.5. The standard InChI is InChI=1S/C18H23NO2/c1-5-16(12-21-4)19-13(2)11-17(14(19)3)18(20)15-9-7-6-8-10-15/h6-11,16H,5,12H2,1-4H3. The van der Waals surface area contributed by atoms with E-state index < -0.39 is 0 Å². The molecule has 0 aliphatic carbocycles. The van der Waals surface area contributed by atoms with Crippen molar-refractivity contribution in [2.75, 3.05) is 13.7 Å². The molecule has 1 unspecified atom stereocenters. The van der Waals surface area contributed by atoms with Gasteiger partial charge >= 0.3 is 0 Å². The van der Waals surface area contributed by atoms with Gasteiger partial charge in [0.1, 0.15) is 0 Å². The van der Waals surface area contributed by atoms with E-state index in [4.69, 9.17) is 4.74 Å². The number of benzene rings is 1. The number of carbonyl (C=O) groups is 1. The van der Waals surface area contributed by atoms with Crippen LogP contribution in [0.4, 0.5) is 0 Å². The van der Waals surface area contributed by atoms with Gasteiger partial charge in [0.05, 0.1) is 12.6 Å².